The van der Waals surface area contributed by atoms with Crippen LogP contribution in [0.4, 0.5) is 4.39 Å². The molecular weight excluding hydrogens is 209 g/mol. The molecule has 1 atom stereocenters. The van der Waals surface area contributed by atoms with E-state index in [0.717, 1.165) is 5.56 Å². The number of benzene rings is 1. The summed E-state index contributed by atoms with van der Waals surface area (Å²) in [4.78, 5) is 10.7. The van der Waals surface area contributed by atoms with Crippen molar-refractivity contribution in [2.45, 2.75) is 33.2 Å². The van der Waals surface area contributed by atoms with Gasteiger partial charge in [0.1, 0.15) is 11.9 Å². The fourth-order valence-corrected chi connectivity index (χ4v) is 1.82. The van der Waals surface area contributed by atoms with Crippen molar-refractivity contribution in [3.05, 3.63) is 34.1 Å². The van der Waals surface area contributed by atoms with E-state index in [9.17, 15) is 9.18 Å². The molecule has 3 nitrogen and oxygen atoms in total. The second-order valence-corrected chi connectivity index (χ2v) is 4.08. The van der Waals surface area contributed by atoms with Gasteiger partial charge in [-0.3, -0.25) is 4.79 Å². The summed E-state index contributed by atoms with van der Waals surface area (Å²) >= 11 is 0. The van der Waals surface area contributed by atoms with Gasteiger partial charge >= 0.3 is 5.97 Å². The highest BCUT2D eigenvalue weighted by Gasteiger charge is 2.17. The van der Waals surface area contributed by atoms with E-state index in [0.29, 0.717) is 16.7 Å². The summed E-state index contributed by atoms with van der Waals surface area (Å²) in [6, 6.07) is 0.728. The first-order chi connectivity index (χ1) is 7.34. The average molecular weight is 225 g/mol. The predicted octanol–water partition coefficient (Wildman–Crippen LogP) is 1.71. The molecule has 0 aliphatic heterocycles. The van der Waals surface area contributed by atoms with Crippen LogP contribution >= 0.6 is 0 Å². The Balaban J connectivity index is 3.14. The van der Waals surface area contributed by atoms with Crippen molar-refractivity contribution in [3.8, 4) is 0 Å². The smallest absolute Gasteiger partial charge is 0.320 e. The summed E-state index contributed by atoms with van der Waals surface area (Å²) in [5, 5.41) is 8.73. The van der Waals surface area contributed by atoms with Gasteiger partial charge in [0.25, 0.3) is 0 Å². The zero-order chi connectivity index (χ0) is 12.5. The summed E-state index contributed by atoms with van der Waals surface area (Å²) in [6.45, 7) is 5.18. The number of carboxylic acids is 1. The lowest BCUT2D eigenvalue weighted by molar-refractivity contribution is -0.138. The Labute approximate surface area is 94.1 Å². The average Bonchev–Trinajstić information content (AvgIpc) is 2.20. The highest BCUT2D eigenvalue weighted by molar-refractivity contribution is 5.73. The van der Waals surface area contributed by atoms with E-state index in [-0.39, 0.29) is 12.2 Å². The van der Waals surface area contributed by atoms with Crippen molar-refractivity contribution in [2.75, 3.05) is 0 Å². The number of halogens is 1. The maximum Gasteiger partial charge on any atom is 0.320 e. The highest BCUT2D eigenvalue weighted by Crippen LogP contribution is 2.21. The van der Waals surface area contributed by atoms with Crippen LogP contribution in [0.5, 0.6) is 0 Å². The molecule has 1 rings (SSSR count). The van der Waals surface area contributed by atoms with Gasteiger partial charge in [0.2, 0.25) is 0 Å². The minimum absolute atomic E-state index is 0.157. The number of aryl methyl sites for hydroxylation is 2. The molecule has 0 saturated heterocycles. The molecular formula is C12H16FNO2. The van der Waals surface area contributed by atoms with Gasteiger partial charge in [-0.25, -0.2) is 4.39 Å². The van der Waals surface area contributed by atoms with Crippen molar-refractivity contribution in [3.63, 3.8) is 0 Å². The monoisotopic (exact) mass is 225 g/mol. The SMILES string of the molecule is Cc1cc(C)c(CC(N)C(=O)O)c(C)c1F. The molecule has 0 saturated carbocycles. The molecule has 0 aromatic heterocycles. The Morgan fingerprint density at radius 3 is 2.50 bits per heavy atom. The van der Waals surface area contributed by atoms with Crippen LogP contribution in [0.25, 0.3) is 0 Å². The number of rotatable bonds is 3. The highest BCUT2D eigenvalue weighted by atomic mass is 19.1. The van der Waals surface area contributed by atoms with E-state index in [2.05, 4.69) is 0 Å². The number of aliphatic carboxylic acids is 1. The van der Waals surface area contributed by atoms with Gasteiger partial charge in [-0.1, -0.05) is 6.07 Å². The standard InChI is InChI=1S/C12H16FNO2/c1-6-4-7(2)11(13)8(3)9(6)5-10(14)12(15)16/h4,10H,5,14H2,1-3H3,(H,15,16). The quantitative estimate of drug-likeness (QED) is 0.823. The maximum absolute atomic E-state index is 13.6. The molecule has 0 amide bonds. The van der Waals surface area contributed by atoms with Crippen molar-refractivity contribution in [1.29, 1.82) is 0 Å². The summed E-state index contributed by atoms with van der Waals surface area (Å²) in [5.74, 6) is -1.35. The Morgan fingerprint density at radius 2 is 2.00 bits per heavy atom. The van der Waals surface area contributed by atoms with Crippen molar-refractivity contribution < 1.29 is 14.3 Å². The van der Waals surface area contributed by atoms with E-state index in [1.54, 1.807) is 19.9 Å². The Bertz CT molecular complexity index is 430. The molecule has 0 heterocycles. The van der Waals surface area contributed by atoms with Gasteiger partial charge in [-0.05, 0) is 49.4 Å². The van der Waals surface area contributed by atoms with Crippen molar-refractivity contribution in [1.82, 2.24) is 0 Å². The van der Waals surface area contributed by atoms with Crippen molar-refractivity contribution in [2.24, 2.45) is 5.73 Å². The molecule has 88 valence electrons. The third-order valence-electron chi connectivity index (χ3n) is 2.78. The minimum atomic E-state index is -1.07. The fourth-order valence-electron chi connectivity index (χ4n) is 1.82. The third-order valence-corrected chi connectivity index (χ3v) is 2.78. The summed E-state index contributed by atoms with van der Waals surface area (Å²) in [6.07, 6.45) is 0.157. The summed E-state index contributed by atoms with van der Waals surface area (Å²) in [5.41, 5.74) is 8.09. The fraction of sp³-hybridized carbons (Fsp3) is 0.417. The molecule has 4 heteroatoms. The van der Waals surface area contributed by atoms with Crippen LogP contribution in [0.2, 0.25) is 0 Å². The second kappa shape index (κ2) is 4.61. The van der Waals surface area contributed by atoms with Crippen LogP contribution in [0, 0.1) is 26.6 Å². The van der Waals surface area contributed by atoms with E-state index in [1.165, 1.54) is 0 Å². The maximum atomic E-state index is 13.6. The number of nitrogens with two attached hydrogens (primary N) is 1. The molecule has 0 fully saturated rings. The van der Waals surface area contributed by atoms with Gasteiger partial charge in [-0.2, -0.15) is 0 Å². The molecule has 1 aromatic carbocycles. The van der Waals surface area contributed by atoms with Gasteiger partial charge in [0.15, 0.2) is 0 Å². The molecule has 0 spiro atoms. The lowest BCUT2D eigenvalue weighted by atomic mass is 9.94. The van der Waals surface area contributed by atoms with Gasteiger partial charge < -0.3 is 10.8 Å². The van der Waals surface area contributed by atoms with Gasteiger partial charge in [-0.15, -0.1) is 0 Å². The van der Waals surface area contributed by atoms with Crippen LogP contribution in [0.1, 0.15) is 22.3 Å². The molecule has 16 heavy (non-hydrogen) atoms. The Hall–Kier alpha value is -1.42. The van der Waals surface area contributed by atoms with E-state index >= 15 is 0 Å². The Kier molecular flexibility index (Phi) is 3.65. The zero-order valence-electron chi connectivity index (χ0n) is 9.67. The normalized spacial score (nSPS) is 12.6. The van der Waals surface area contributed by atoms with Gasteiger partial charge in [0, 0.05) is 0 Å². The molecule has 1 aromatic rings. The summed E-state index contributed by atoms with van der Waals surface area (Å²) in [7, 11) is 0. The van der Waals surface area contributed by atoms with Crippen LogP contribution in [-0.4, -0.2) is 17.1 Å². The third kappa shape index (κ3) is 2.39. The van der Waals surface area contributed by atoms with E-state index in [4.69, 9.17) is 10.8 Å². The number of carbonyl (C=O) groups is 1. The Morgan fingerprint density at radius 1 is 1.44 bits per heavy atom. The summed E-state index contributed by atoms with van der Waals surface area (Å²) < 4.78 is 13.6. The minimum Gasteiger partial charge on any atom is -0.480 e. The van der Waals surface area contributed by atoms with Crippen LogP contribution in [0.15, 0.2) is 6.07 Å². The molecule has 0 aliphatic carbocycles. The largest absolute Gasteiger partial charge is 0.480 e. The molecule has 0 aliphatic rings. The van der Waals surface area contributed by atoms with E-state index < -0.39 is 12.0 Å². The molecule has 3 N–H and O–H groups in total. The topological polar surface area (TPSA) is 63.3 Å². The molecule has 0 radical (unpaired) electrons. The molecule has 0 bridgehead atoms. The van der Waals surface area contributed by atoms with Gasteiger partial charge in [0.05, 0.1) is 0 Å². The predicted molar refractivity (Wildman–Crippen MR) is 59.9 cm³/mol. The number of hydrogen-bond acceptors (Lipinski definition) is 2. The lowest BCUT2D eigenvalue weighted by Gasteiger charge is -2.14. The molecule has 1 unspecified atom stereocenters. The van der Waals surface area contributed by atoms with E-state index in [1.807, 2.05) is 6.92 Å². The van der Waals surface area contributed by atoms with Crippen molar-refractivity contribution >= 4 is 5.97 Å². The first-order valence-electron chi connectivity index (χ1n) is 5.08. The second-order valence-electron chi connectivity index (χ2n) is 4.08. The zero-order valence-corrected chi connectivity index (χ0v) is 9.67. The van der Waals surface area contributed by atoms with Crippen LogP contribution in [0.3, 0.4) is 0 Å². The van der Waals surface area contributed by atoms with Crippen LogP contribution < -0.4 is 5.73 Å². The first kappa shape index (κ1) is 12.6. The number of carboxylic acid groups (broad SMARTS) is 1. The number of hydrogen-bond donors (Lipinski definition) is 2. The lowest BCUT2D eigenvalue weighted by Crippen LogP contribution is -2.32. The first-order valence-corrected chi connectivity index (χ1v) is 5.08. The van der Waals surface area contributed by atoms with Crippen LogP contribution in [-0.2, 0) is 11.2 Å².